The fourth-order valence-corrected chi connectivity index (χ4v) is 1.32. The molecule has 0 radical (unpaired) electrons. The number of carbonyl (C=O) groups is 1. The van der Waals surface area contributed by atoms with Crippen LogP contribution in [-0.2, 0) is 6.42 Å². The largest absolute Gasteiger partial charge is 0.395 e. The lowest BCUT2D eigenvalue weighted by Crippen LogP contribution is -2.31. The second-order valence-electron chi connectivity index (χ2n) is 3.77. The van der Waals surface area contributed by atoms with Crippen molar-refractivity contribution in [2.75, 3.05) is 12.3 Å². The number of nitrogens with one attached hydrogen (secondary N) is 2. The highest BCUT2D eigenvalue weighted by Gasteiger charge is 2.16. The first-order chi connectivity index (χ1) is 7.56. The fraction of sp³-hybridized carbons (Fsp3) is 0.600. The number of carbonyl (C=O) groups excluding carboxylic acids is 1. The summed E-state index contributed by atoms with van der Waals surface area (Å²) in [5.74, 6) is -0.364. The zero-order valence-electron chi connectivity index (χ0n) is 9.58. The summed E-state index contributed by atoms with van der Waals surface area (Å²) in [5, 5.41) is 18.2. The van der Waals surface area contributed by atoms with Gasteiger partial charge < -0.3 is 16.2 Å². The highest BCUT2D eigenvalue weighted by Crippen LogP contribution is 2.15. The van der Waals surface area contributed by atoms with E-state index >= 15 is 0 Å². The maximum Gasteiger partial charge on any atom is 0.274 e. The third-order valence-electron chi connectivity index (χ3n) is 2.16. The number of aliphatic hydroxyl groups excluding tert-OH is 1. The number of anilines is 1. The number of nitrogens with zero attached hydrogens (tertiary/aromatic N) is 1. The van der Waals surface area contributed by atoms with E-state index in [0.29, 0.717) is 5.69 Å². The maximum atomic E-state index is 11.6. The molecule has 16 heavy (non-hydrogen) atoms. The minimum atomic E-state index is -0.584. The maximum absolute atomic E-state index is 11.6. The van der Waals surface area contributed by atoms with E-state index < -0.39 is 6.10 Å². The summed E-state index contributed by atoms with van der Waals surface area (Å²) in [5.41, 5.74) is 7.15. The molecule has 0 saturated carbocycles. The molecule has 1 rings (SSSR count). The van der Waals surface area contributed by atoms with E-state index in [1.165, 1.54) is 0 Å². The van der Waals surface area contributed by atoms with Crippen molar-refractivity contribution in [1.82, 2.24) is 15.5 Å². The molecule has 0 bridgehead atoms. The van der Waals surface area contributed by atoms with Crippen LogP contribution in [0.4, 0.5) is 5.69 Å². The number of hydrogen-bond acceptors (Lipinski definition) is 4. The van der Waals surface area contributed by atoms with Crippen LogP contribution in [0.15, 0.2) is 0 Å². The van der Waals surface area contributed by atoms with E-state index in [1.807, 2.05) is 6.92 Å². The van der Waals surface area contributed by atoms with Crippen molar-refractivity contribution in [2.45, 2.75) is 32.8 Å². The Balaban J connectivity index is 2.69. The molecule has 0 aliphatic rings. The predicted octanol–water partition coefficient (Wildman–Crippen LogP) is 0.0550. The minimum absolute atomic E-state index is 0.189. The SMILES string of the molecule is CCCc1[nH]nc(C(=O)NC[C@@H](C)O)c1N. The molecule has 0 aliphatic carbocycles. The van der Waals surface area contributed by atoms with Crippen LogP contribution in [0.1, 0.15) is 36.5 Å². The van der Waals surface area contributed by atoms with Gasteiger partial charge in [0.25, 0.3) is 5.91 Å². The van der Waals surface area contributed by atoms with E-state index in [0.717, 1.165) is 18.5 Å². The van der Waals surface area contributed by atoms with Crippen molar-refractivity contribution >= 4 is 11.6 Å². The van der Waals surface area contributed by atoms with Gasteiger partial charge in [-0.05, 0) is 13.3 Å². The van der Waals surface area contributed by atoms with Crippen LogP contribution in [-0.4, -0.2) is 33.9 Å². The van der Waals surface area contributed by atoms with Gasteiger partial charge >= 0.3 is 0 Å². The number of amides is 1. The molecule has 5 N–H and O–H groups in total. The number of aliphatic hydroxyl groups is 1. The number of aromatic amines is 1. The molecular weight excluding hydrogens is 208 g/mol. The number of hydrogen-bond donors (Lipinski definition) is 4. The molecule has 6 nitrogen and oxygen atoms in total. The van der Waals surface area contributed by atoms with Crippen molar-refractivity contribution in [3.8, 4) is 0 Å². The second-order valence-corrected chi connectivity index (χ2v) is 3.77. The van der Waals surface area contributed by atoms with Gasteiger partial charge in [-0.3, -0.25) is 9.89 Å². The van der Waals surface area contributed by atoms with E-state index in [-0.39, 0.29) is 18.1 Å². The van der Waals surface area contributed by atoms with Crippen molar-refractivity contribution in [1.29, 1.82) is 0 Å². The third-order valence-corrected chi connectivity index (χ3v) is 2.16. The molecule has 1 heterocycles. The summed E-state index contributed by atoms with van der Waals surface area (Å²) in [6.45, 7) is 3.80. The van der Waals surface area contributed by atoms with Crippen LogP contribution >= 0.6 is 0 Å². The summed E-state index contributed by atoms with van der Waals surface area (Å²) in [6, 6.07) is 0. The second kappa shape index (κ2) is 5.50. The van der Waals surface area contributed by atoms with E-state index in [1.54, 1.807) is 6.92 Å². The molecule has 1 aromatic rings. The van der Waals surface area contributed by atoms with Crippen molar-refractivity contribution in [3.05, 3.63) is 11.4 Å². The summed E-state index contributed by atoms with van der Waals surface area (Å²) in [4.78, 5) is 11.6. The van der Waals surface area contributed by atoms with Crippen LogP contribution in [0.5, 0.6) is 0 Å². The monoisotopic (exact) mass is 226 g/mol. The van der Waals surface area contributed by atoms with Crippen LogP contribution in [0.25, 0.3) is 0 Å². The van der Waals surface area contributed by atoms with E-state index in [4.69, 9.17) is 10.8 Å². The van der Waals surface area contributed by atoms with Gasteiger partial charge in [0.2, 0.25) is 0 Å². The molecule has 1 atom stereocenters. The first-order valence-corrected chi connectivity index (χ1v) is 5.35. The smallest absolute Gasteiger partial charge is 0.274 e. The Kier molecular flexibility index (Phi) is 4.30. The number of rotatable bonds is 5. The van der Waals surface area contributed by atoms with Gasteiger partial charge in [-0.1, -0.05) is 13.3 Å². The first kappa shape index (κ1) is 12.5. The fourth-order valence-electron chi connectivity index (χ4n) is 1.32. The lowest BCUT2D eigenvalue weighted by Gasteiger charge is -2.05. The predicted molar refractivity (Wildman–Crippen MR) is 61.0 cm³/mol. The molecule has 0 saturated heterocycles. The lowest BCUT2D eigenvalue weighted by atomic mass is 10.2. The average Bonchev–Trinajstić information content (AvgIpc) is 2.58. The number of H-pyrrole nitrogens is 1. The van der Waals surface area contributed by atoms with Crippen LogP contribution < -0.4 is 11.1 Å². The third kappa shape index (κ3) is 2.96. The Labute approximate surface area is 94.2 Å². The van der Waals surface area contributed by atoms with Crippen molar-refractivity contribution in [3.63, 3.8) is 0 Å². The molecule has 0 unspecified atom stereocenters. The van der Waals surface area contributed by atoms with Crippen LogP contribution in [0, 0.1) is 0 Å². The van der Waals surface area contributed by atoms with Crippen molar-refractivity contribution < 1.29 is 9.90 Å². The molecule has 1 amide bonds. The number of aryl methyl sites for hydroxylation is 1. The highest BCUT2D eigenvalue weighted by molar-refractivity contribution is 5.97. The Bertz CT molecular complexity index is 360. The Morgan fingerprint density at radius 2 is 2.38 bits per heavy atom. The molecule has 0 aliphatic heterocycles. The molecular formula is C10H18N4O2. The first-order valence-electron chi connectivity index (χ1n) is 5.35. The van der Waals surface area contributed by atoms with Gasteiger partial charge in [-0.15, -0.1) is 0 Å². The van der Waals surface area contributed by atoms with Crippen molar-refractivity contribution in [2.24, 2.45) is 0 Å². The van der Waals surface area contributed by atoms with E-state index in [2.05, 4.69) is 15.5 Å². The number of nitrogens with two attached hydrogens (primary N) is 1. The van der Waals surface area contributed by atoms with E-state index in [9.17, 15) is 4.79 Å². The molecule has 0 aromatic carbocycles. The lowest BCUT2D eigenvalue weighted by molar-refractivity contribution is 0.0920. The van der Waals surface area contributed by atoms with Crippen LogP contribution in [0.2, 0.25) is 0 Å². The highest BCUT2D eigenvalue weighted by atomic mass is 16.3. The average molecular weight is 226 g/mol. The van der Waals surface area contributed by atoms with Crippen LogP contribution in [0.3, 0.4) is 0 Å². The summed E-state index contributed by atoms with van der Waals surface area (Å²) < 4.78 is 0. The zero-order chi connectivity index (χ0) is 12.1. The Morgan fingerprint density at radius 3 is 2.94 bits per heavy atom. The van der Waals surface area contributed by atoms with Gasteiger partial charge in [-0.2, -0.15) is 5.10 Å². The summed E-state index contributed by atoms with van der Waals surface area (Å²) in [6.07, 6.45) is 1.11. The molecule has 0 spiro atoms. The van der Waals surface area contributed by atoms with Gasteiger partial charge in [0.1, 0.15) is 0 Å². The molecule has 0 fully saturated rings. The summed E-state index contributed by atoms with van der Waals surface area (Å²) >= 11 is 0. The Hall–Kier alpha value is -1.56. The topological polar surface area (TPSA) is 104 Å². The summed E-state index contributed by atoms with van der Waals surface area (Å²) in [7, 11) is 0. The molecule has 90 valence electrons. The standard InChI is InChI=1S/C10H18N4O2/c1-3-4-7-8(11)9(14-13-7)10(16)12-5-6(2)15/h6,15H,3-5,11H2,1-2H3,(H,12,16)(H,13,14)/t6-/m1/s1. The number of nitrogen functional groups attached to an aromatic ring is 1. The normalized spacial score (nSPS) is 12.4. The quantitative estimate of drug-likeness (QED) is 0.569. The zero-order valence-corrected chi connectivity index (χ0v) is 9.58. The minimum Gasteiger partial charge on any atom is -0.395 e. The van der Waals surface area contributed by atoms with Gasteiger partial charge in [0, 0.05) is 6.54 Å². The Morgan fingerprint density at radius 1 is 1.69 bits per heavy atom. The molecule has 1 aromatic heterocycles. The molecule has 6 heteroatoms. The van der Waals surface area contributed by atoms with Gasteiger partial charge in [-0.25, -0.2) is 0 Å². The van der Waals surface area contributed by atoms with Gasteiger partial charge in [0.05, 0.1) is 17.5 Å². The van der Waals surface area contributed by atoms with Gasteiger partial charge in [0.15, 0.2) is 5.69 Å². The number of aromatic nitrogens is 2.